The fourth-order valence-electron chi connectivity index (χ4n) is 3.13. The van der Waals surface area contributed by atoms with Crippen molar-refractivity contribution in [3.8, 4) is 5.75 Å². The van der Waals surface area contributed by atoms with E-state index in [-0.39, 0.29) is 12.5 Å². The Morgan fingerprint density at radius 2 is 1.83 bits per heavy atom. The van der Waals surface area contributed by atoms with E-state index >= 15 is 0 Å². The van der Waals surface area contributed by atoms with Gasteiger partial charge in [-0.3, -0.25) is 13.9 Å². The minimum atomic E-state index is -3.60. The summed E-state index contributed by atoms with van der Waals surface area (Å²) in [6.07, 6.45) is 1.83. The number of nitrogens with one attached hydrogen (secondary N) is 2. The maximum atomic E-state index is 12.9. The molecule has 0 spiro atoms. The van der Waals surface area contributed by atoms with Gasteiger partial charge in [0.15, 0.2) is 6.10 Å². The van der Waals surface area contributed by atoms with E-state index in [1.54, 1.807) is 48.5 Å². The summed E-state index contributed by atoms with van der Waals surface area (Å²) in [5.41, 5.74) is 1.06. The number of para-hydroxylation sites is 3. The second kappa shape index (κ2) is 9.17. The number of anilines is 2. The smallest absolute Gasteiger partial charge is 0.267 e. The maximum absolute atomic E-state index is 12.9. The number of rotatable bonds is 7. The first-order valence-electron chi connectivity index (χ1n) is 9.72. The number of ether oxygens (including phenoxy) is 1. The Morgan fingerprint density at radius 1 is 1.13 bits per heavy atom. The lowest BCUT2D eigenvalue weighted by Gasteiger charge is -2.33. The third-order valence-corrected chi connectivity index (χ3v) is 5.82. The third-order valence-electron chi connectivity index (χ3n) is 4.67. The molecule has 1 aliphatic heterocycles. The standard InChI is InChI=1S/C21H25N3O5S/c1-3-4-13-22-20(25)15-9-5-6-10-16(15)23-21(26)19-14-24(30(2,27)28)17-11-7-8-12-18(17)29-19/h5-12,19H,3-4,13-14H2,1-2H3,(H,22,25)(H,23,26). The quantitative estimate of drug-likeness (QED) is 0.655. The topological polar surface area (TPSA) is 105 Å². The second-order valence-corrected chi connectivity index (χ2v) is 8.92. The average Bonchev–Trinajstić information content (AvgIpc) is 2.72. The molecule has 0 aromatic heterocycles. The van der Waals surface area contributed by atoms with Crippen molar-refractivity contribution in [2.45, 2.75) is 25.9 Å². The zero-order valence-electron chi connectivity index (χ0n) is 16.9. The molecule has 1 unspecified atom stereocenters. The van der Waals surface area contributed by atoms with E-state index < -0.39 is 22.0 Å². The first-order valence-corrected chi connectivity index (χ1v) is 11.6. The van der Waals surface area contributed by atoms with Gasteiger partial charge in [-0.1, -0.05) is 37.6 Å². The molecule has 30 heavy (non-hydrogen) atoms. The molecule has 0 bridgehead atoms. The summed E-state index contributed by atoms with van der Waals surface area (Å²) >= 11 is 0. The minimum absolute atomic E-state index is 0.160. The van der Waals surface area contributed by atoms with Crippen molar-refractivity contribution in [3.63, 3.8) is 0 Å². The number of nitrogens with zero attached hydrogens (tertiary/aromatic N) is 1. The lowest BCUT2D eigenvalue weighted by Crippen LogP contribution is -2.48. The summed E-state index contributed by atoms with van der Waals surface area (Å²) in [7, 11) is -3.60. The van der Waals surface area contributed by atoms with Crippen LogP contribution in [0.2, 0.25) is 0 Å². The molecule has 0 saturated carbocycles. The number of hydrogen-bond acceptors (Lipinski definition) is 5. The largest absolute Gasteiger partial charge is 0.476 e. The molecule has 2 aromatic rings. The Balaban J connectivity index is 1.80. The van der Waals surface area contributed by atoms with Crippen LogP contribution in [0.1, 0.15) is 30.1 Å². The highest BCUT2D eigenvalue weighted by Gasteiger charge is 2.35. The fraction of sp³-hybridized carbons (Fsp3) is 0.333. The molecule has 2 aromatic carbocycles. The van der Waals surface area contributed by atoms with Crippen LogP contribution < -0.4 is 19.7 Å². The normalized spacial score (nSPS) is 15.7. The van der Waals surface area contributed by atoms with Gasteiger partial charge in [0.25, 0.3) is 11.8 Å². The van der Waals surface area contributed by atoms with Crippen molar-refractivity contribution in [2.24, 2.45) is 0 Å². The predicted octanol–water partition coefficient (Wildman–Crippen LogP) is 2.38. The van der Waals surface area contributed by atoms with Gasteiger partial charge in [-0.2, -0.15) is 0 Å². The molecule has 1 heterocycles. The molecule has 0 saturated heterocycles. The summed E-state index contributed by atoms with van der Waals surface area (Å²) in [5.74, 6) is -0.515. The SMILES string of the molecule is CCCCNC(=O)c1ccccc1NC(=O)C1CN(S(C)(=O)=O)c2ccccc2O1. The highest BCUT2D eigenvalue weighted by molar-refractivity contribution is 7.92. The highest BCUT2D eigenvalue weighted by Crippen LogP contribution is 2.34. The van der Waals surface area contributed by atoms with Gasteiger partial charge in [0.05, 0.1) is 29.7 Å². The van der Waals surface area contributed by atoms with Gasteiger partial charge in [0, 0.05) is 6.54 Å². The summed E-state index contributed by atoms with van der Waals surface area (Å²) < 4.78 is 31.4. The zero-order chi connectivity index (χ0) is 21.7. The van der Waals surface area contributed by atoms with E-state index in [4.69, 9.17) is 4.74 Å². The number of unbranched alkanes of at least 4 members (excludes halogenated alkanes) is 1. The predicted molar refractivity (Wildman–Crippen MR) is 115 cm³/mol. The van der Waals surface area contributed by atoms with Gasteiger partial charge in [-0.05, 0) is 30.7 Å². The molecule has 1 aliphatic rings. The Kier molecular flexibility index (Phi) is 6.61. The van der Waals surface area contributed by atoms with E-state index in [0.717, 1.165) is 23.4 Å². The molecule has 2 amide bonds. The molecule has 3 rings (SSSR count). The van der Waals surface area contributed by atoms with Crippen molar-refractivity contribution in [2.75, 3.05) is 29.0 Å². The number of benzene rings is 2. The number of carbonyl (C=O) groups is 2. The number of hydrogen-bond donors (Lipinski definition) is 2. The van der Waals surface area contributed by atoms with E-state index in [1.165, 1.54) is 0 Å². The Labute approximate surface area is 176 Å². The molecular formula is C21H25N3O5S. The maximum Gasteiger partial charge on any atom is 0.267 e. The monoisotopic (exact) mass is 431 g/mol. The van der Waals surface area contributed by atoms with Crippen LogP contribution in [0, 0.1) is 0 Å². The molecular weight excluding hydrogens is 406 g/mol. The molecule has 2 N–H and O–H groups in total. The van der Waals surface area contributed by atoms with E-state index in [9.17, 15) is 18.0 Å². The summed E-state index contributed by atoms with van der Waals surface area (Å²) in [6.45, 7) is 2.42. The van der Waals surface area contributed by atoms with Crippen LogP contribution in [0.25, 0.3) is 0 Å². The summed E-state index contributed by atoms with van der Waals surface area (Å²) in [4.78, 5) is 25.4. The first kappa shape index (κ1) is 21.6. The Hall–Kier alpha value is -3.07. The van der Waals surface area contributed by atoms with Gasteiger partial charge < -0.3 is 15.4 Å². The van der Waals surface area contributed by atoms with Crippen LogP contribution >= 0.6 is 0 Å². The first-order chi connectivity index (χ1) is 14.3. The number of carbonyl (C=O) groups excluding carboxylic acids is 2. The molecule has 0 aliphatic carbocycles. The summed E-state index contributed by atoms with van der Waals surface area (Å²) in [6, 6.07) is 13.3. The van der Waals surface area contributed by atoms with Crippen LogP contribution in [0.4, 0.5) is 11.4 Å². The van der Waals surface area contributed by atoms with Gasteiger partial charge in [0.1, 0.15) is 5.75 Å². The van der Waals surface area contributed by atoms with Crippen molar-refractivity contribution in [1.82, 2.24) is 5.32 Å². The Morgan fingerprint density at radius 3 is 2.57 bits per heavy atom. The van der Waals surface area contributed by atoms with E-state index in [1.807, 2.05) is 6.92 Å². The van der Waals surface area contributed by atoms with Crippen molar-refractivity contribution >= 4 is 33.2 Å². The fourth-order valence-corrected chi connectivity index (χ4v) is 4.04. The van der Waals surface area contributed by atoms with Crippen LogP contribution in [-0.4, -0.2) is 45.7 Å². The summed E-state index contributed by atoms with van der Waals surface area (Å²) in [5, 5.41) is 5.53. The molecule has 1 atom stereocenters. The van der Waals surface area contributed by atoms with Crippen LogP contribution in [-0.2, 0) is 14.8 Å². The van der Waals surface area contributed by atoms with Gasteiger partial charge >= 0.3 is 0 Å². The van der Waals surface area contributed by atoms with Gasteiger partial charge in [-0.25, -0.2) is 8.42 Å². The second-order valence-electron chi connectivity index (χ2n) is 7.01. The number of sulfonamides is 1. The molecule has 0 radical (unpaired) electrons. The average molecular weight is 432 g/mol. The van der Waals surface area contributed by atoms with Crippen molar-refractivity contribution < 1.29 is 22.7 Å². The Bertz CT molecular complexity index is 1040. The van der Waals surface area contributed by atoms with Crippen LogP contribution in [0.3, 0.4) is 0 Å². The van der Waals surface area contributed by atoms with Gasteiger partial charge in [-0.15, -0.1) is 0 Å². The third kappa shape index (κ3) is 4.91. The molecule has 0 fully saturated rings. The lowest BCUT2D eigenvalue weighted by molar-refractivity contribution is -0.122. The molecule has 8 nitrogen and oxygen atoms in total. The number of amides is 2. The zero-order valence-corrected chi connectivity index (χ0v) is 17.7. The van der Waals surface area contributed by atoms with E-state index in [2.05, 4.69) is 10.6 Å². The minimum Gasteiger partial charge on any atom is -0.476 e. The lowest BCUT2D eigenvalue weighted by atomic mass is 10.1. The van der Waals surface area contributed by atoms with Crippen molar-refractivity contribution in [3.05, 3.63) is 54.1 Å². The molecule has 9 heteroatoms. The highest BCUT2D eigenvalue weighted by atomic mass is 32.2. The van der Waals surface area contributed by atoms with Crippen LogP contribution in [0.15, 0.2) is 48.5 Å². The van der Waals surface area contributed by atoms with Gasteiger partial charge in [0.2, 0.25) is 10.0 Å². The van der Waals surface area contributed by atoms with E-state index in [0.29, 0.717) is 29.2 Å². The van der Waals surface area contributed by atoms with Crippen molar-refractivity contribution in [1.29, 1.82) is 0 Å². The van der Waals surface area contributed by atoms with Crippen LogP contribution in [0.5, 0.6) is 5.75 Å². The number of fused-ring (bicyclic) bond motifs is 1. The molecule has 160 valence electrons.